The van der Waals surface area contributed by atoms with E-state index in [1.807, 2.05) is 24.3 Å². The zero-order valence-corrected chi connectivity index (χ0v) is 20.9. The van der Waals surface area contributed by atoms with Gasteiger partial charge in [0.2, 0.25) is 0 Å². The summed E-state index contributed by atoms with van der Waals surface area (Å²) in [5.74, 6) is -1.09. The Morgan fingerprint density at radius 2 is 1.80 bits per heavy atom. The van der Waals surface area contributed by atoms with Crippen LogP contribution < -0.4 is 5.56 Å². The minimum Gasteiger partial charge on any atom is -0.448 e. The van der Waals surface area contributed by atoms with Crippen molar-refractivity contribution in [3.63, 3.8) is 0 Å². The molecule has 8 nitrogen and oxygen atoms in total. The zero-order chi connectivity index (χ0) is 24.9. The second-order valence-electron chi connectivity index (χ2n) is 8.45. The molecule has 1 unspecified atom stereocenters. The van der Waals surface area contributed by atoms with Crippen LogP contribution >= 0.6 is 11.3 Å². The van der Waals surface area contributed by atoms with Crippen LogP contribution in [0.15, 0.2) is 53.3 Å². The van der Waals surface area contributed by atoms with Crippen LogP contribution in [-0.4, -0.2) is 44.7 Å². The third-order valence-corrected chi connectivity index (χ3v) is 6.77. The van der Waals surface area contributed by atoms with Crippen molar-refractivity contribution in [1.82, 2.24) is 19.7 Å². The highest BCUT2D eigenvalue weighted by molar-refractivity contribution is 7.18. The first kappa shape index (κ1) is 24.5. The molecule has 0 saturated heterocycles. The van der Waals surface area contributed by atoms with Crippen molar-refractivity contribution < 1.29 is 14.3 Å². The van der Waals surface area contributed by atoms with Crippen molar-refractivity contribution in [3.05, 3.63) is 69.6 Å². The SMILES string of the molecule is CCCCCn1nc(C(=O)OC(C)C(=O)N(C)Cc2nc3ccccc3s2)c2ccccc2c1=O. The number of likely N-dealkylation sites (N-methyl/N-ethyl adjacent to an activating group) is 1. The van der Waals surface area contributed by atoms with Crippen LogP contribution in [0.3, 0.4) is 0 Å². The highest BCUT2D eigenvalue weighted by atomic mass is 32.1. The van der Waals surface area contributed by atoms with Gasteiger partial charge >= 0.3 is 5.97 Å². The Bertz CT molecular complexity index is 1390. The molecule has 2 aromatic heterocycles. The number of benzene rings is 2. The van der Waals surface area contributed by atoms with E-state index >= 15 is 0 Å². The Hall–Kier alpha value is -3.59. The van der Waals surface area contributed by atoms with Crippen LogP contribution in [0.5, 0.6) is 0 Å². The van der Waals surface area contributed by atoms with E-state index in [4.69, 9.17) is 4.74 Å². The zero-order valence-electron chi connectivity index (χ0n) is 20.1. The number of esters is 1. The predicted octanol–water partition coefficient (Wildman–Crippen LogP) is 4.40. The molecular weight excluding hydrogens is 464 g/mol. The second kappa shape index (κ2) is 10.8. The van der Waals surface area contributed by atoms with Gasteiger partial charge in [-0.25, -0.2) is 14.5 Å². The summed E-state index contributed by atoms with van der Waals surface area (Å²) < 4.78 is 7.89. The molecule has 35 heavy (non-hydrogen) atoms. The summed E-state index contributed by atoms with van der Waals surface area (Å²) in [5.41, 5.74) is 0.679. The lowest BCUT2D eigenvalue weighted by Crippen LogP contribution is -2.37. The first-order valence-electron chi connectivity index (χ1n) is 11.7. The number of aryl methyl sites for hydroxylation is 1. The van der Waals surface area contributed by atoms with E-state index in [2.05, 4.69) is 17.0 Å². The predicted molar refractivity (Wildman–Crippen MR) is 136 cm³/mol. The second-order valence-corrected chi connectivity index (χ2v) is 9.56. The topological polar surface area (TPSA) is 94.4 Å². The van der Waals surface area contributed by atoms with Gasteiger partial charge in [0.25, 0.3) is 11.5 Å². The van der Waals surface area contributed by atoms with E-state index in [1.54, 1.807) is 31.3 Å². The van der Waals surface area contributed by atoms with Crippen molar-refractivity contribution in [2.45, 2.75) is 52.3 Å². The minimum absolute atomic E-state index is 0.0326. The smallest absolute Gasteiger partial charge is 0.360 e. The molecule has 0 radical (unpaired) electrons. The molecule has 0 spiro atoms. The molecule has 4 rings (SSSR count). The highest BCUT2D eigenvalue weighted by Gasteiger charge is 2.26. The molecule has 0 aliphatic carbocycles. The number of aromatic nitrogens is 3. The minimum atomic E-state index is -1.03. The first-order chi connectivity index (χ1) is 16.9. The molecule has 0 bridgehead atoms. The van der Waals surface area contributed by atoms with Gasteiger partial charge in [-0.1, -0.05) is 50.1 Å². The average molecular weight is 493 g/mol. The number of ether oxygens (including phenoxy) is 1. The number of hydrogen-bond donors (Lipinski definition) is 0. The molecule has 2 aromatic carbocycles. The van der Waals surface area contributed by atoms with Crippen LogP contribution in [0.1, 0.15) is 48.6 Å². The standard InChI is InChI=1S/C26H28N4O4S/c1-4-5-10-15-30-25(32)19-12-7-6-11-18(19)23(28-30)26(33)34-17(2)24(31)29(3)16-22-27-20-13-8-9-14-21(20)35-22/h6-9,11-14,17H,4-5,10,15-16H2,1-3H3. The Morgan fingerprint density at radius 3 is 2.54 bits per heavy atom. The number of unbranched alkanes of at least 4 members (excludes halogenated alkanes) is 2. The quantitative estimate of drug-likeness (QED) is 0.254. The molecule has 0 fully saturated rings. The van der Waals surface area contributed by atoms with Crippen molar-refractivity contribution in [1.29, 1.82) is 0 Å². The molecule has 0 aliphatic heterocycles. The fourth-order valence-corrected chi connectivity index (χ4v) is 4.92. The van der Waals surface area contributed by atoms with Gasteiger partial charge in [-0.05, 0) is 31.5 Å². The summed E-state index contributed by atoms with van der Waals surface area (Å²) in [6.07, 6.45) is 1.71. The molecular formula is C26H28N4O4S. The van der Waals surface area contributed by atoms with Crippen molar-refractivity contribution >= 4 is 44.2 Å². The molecule has 2 heterocycles. The maximum absolute atomic E-state index is 13.1. The van der Waals surface area contributed by atoms with Crippen molar-refractivity contribution in [3.8, 4) is 0 Å². The van der Waals surface area contributed by atoms with E-state index in [9.17, 15) is 14.4 Å². The van der Waals surface area contributed by atoms with Crippen molar-refractivity contribution in [2.24, 2.45) is 0 Å². The molecule has 0 N–H and O–H groups in total. The number of carbonyl (C=O) groups is 2. The third-order valence-electron chi connectivity index (χ3n) is 5.75. The largest absolute Gasteiger partial charge is 0.448 e. The number of carbonyl (C=O) groups excluding carboxylic acids is 2. The third kappa shape index (κ3) is 5.40. The van der Waals surface area contributed by atoms with Crippen LogP contribution in [0.2, 0.25) is 0 Å². The Morgan fingerprint density at radius 1 is 1.09 bits per heavy atom. The number of para-hydroxylation sites is 1. The number of amides is 1. The van der Waals surface area contributed by atoms with Crippen LogP contribution in [0, 0.1) is 0 Å². The highest BCUT2D eigenvalue weighted by Crippen LogP contribution is 2.23. The van der Waals surface area contributed by atoms with Gasteiger partial charge in [-0.3, -0.25) is 9.59 Å². The van der Waals surface area contributed by atoms with Gasteiger partial charge in [0, 0.05) is 19.0 Å². The lowest BCUT2D eigenvalue weighted by Gasteiger charge is -2.20. The summed E-state index contributed by atoms with van der Waals surface area (Å²) in [6.45, 7) is 4.33. The summed E-state index contributed by atoms with van der Waals surface area (Å²) in [7, 11) is 1.65. The summed E-state index contributed by atoms with van der Waals surface area (Å²) >= 11 is 1.52. The molecule has 182 valence electrons. The Kier molecular flexibility index (Phi) is 7.55. The van der Waals surface area contributed by atoms with E-state index in [0.717, 1.165) is 34.5 Å². The lowest BCUT2D eigenvalue weighted by atomic mass is 10.1. The molecule has 1 amide bonds. The van der Waals surface area contributed by atoms with Gasteiger partial charge < -0.3 is 9.64 Å². The van der Waals surface area contributed by atoms with E-state index in [0.29, 0.717) is 23.9 Å². The van der Waals surface area contributed by atoms with E-state index in [1.165, 1.54) is 27.8 Å². The van der Waals surface area contributed by atoms with Gasteiger partial charge in [0.1, 0.15) is 5.01 Å². The van der Waals surface area contributed by atoms with Gasteiger partial charge in [0.15, 0.2) is 11.8 Å². The number of rotatable bonds is 9. The van der Waals surface area contributed by atoms with Gasteiger partial charge in [-0.15, -0.1) is 11.3 Å². The molecule has 0 saturated carbocycles. The van der Waals surface area contributed by atoms with Crippen LogP contribution in [-0.2, 0) is 22.6 Å². The molecule has 9 heteroatoms. The van der Waals surface area contributed by atoms with Gasteiger partial charge in [-0.2, -0.15) is 5.10 Å². The lowest BCUT2D eigenvalue weighted by molar-refractivity contribution is -0.139. The first-order valence-corrected chi connectivity index (χ1v) is 12.5. The Labute approximate surface area is 207 Å². The van der Waals surface area contributed by atoms with Crippen LogP contribution in [0.25, 0.3) is 21.0 Å². The summed E-state index contributed by atoms with van der Waals surface area (Å²) in [5, 5.41) is 5.93. The van der Waals surface area contributed by atoms with Crippen LogP contribution in [0.4, 0.5) is 0 Å². The number of nitrogens with zero attached hydrogens (tertiary/aromatic N) is 4. The number of thiazole rings is 1. The average Bonchev–Trinajstić information content (AvgIpc) is 3.27. The number of hydrogen-bond acceptors (Lipinski definition) is 7. The maximum Gasteiger partial charge on any atom is 0.360 e. The fourth-order valence-electron chi connectivity index (χ4n) is 3.89. The van der Waals surface area contributed by atoms with Crippen molar-refractivity contribution in [2.75, 3.05) is 7.05 Å². The van der Waals surface area contributed by atoms with E-state index in [-0.39, 0.29) is 17.2 Å². The molecule has 4 aromatic rings. The summed E-state index contributed by atoms with van der Waals surface area (Å²) in [4.78, 5) is 44.9. The van der Waals surface area contributed by atoms with E-state index < -0.39 is 12.1 Å². The summed E-state index contributed by atoms with van der Waals surface area (Å²) in [6, 6.07) is 14.6. The molecule has 0 aliphatic rings. The Balaban J connectivity index is 1.50. The van der Waals surface area contributed by atoms with Gasteiger partial charge in [0.05, 0.1) is 22.1 Å². The maximum atomic E-state index is 13.1. The molecule has 1 atom stereocenters. The number of fused-ring (bicyclic) bond motifs is 2. The normalized spacial score (nSPS) is 12.1. The fraction of sp³-hybridized carbons (Fsp3) is 0.346. The monoisotopic (exact) mass is 492 g/mol.